The van der Waals surface area contributed by atoms with Crippen LogP contribution in [-0.2, 0) is 6.54 Å². The Morgan fingerprint density at radius 3 is 2.47 bits per heavy atom. The second kappa shape index (κ2) is 10.2. The second-order valence-electron chi connectivity index (χ2n) is 8.42. The van der Waals surface area contributed by atoms with E-state index in [0.717, 1.165) is 35.4 Å². The summed E-state index contributed by atoms with van der Waals surface area (Å²) < 4.78 is 10.8. The van der Waals surface area contributed by atoms with Gasteiger partial charge in [-0.05, 0) is 43.1 Å². The van der Waals surface area contributed by atoms with E-state index in [1.807, 2.05) is 12.1 Å². The molecule has 0 saturated heterocycles. The lowest BCUT2D eigenvalue weighted by Gasteiger charge is -2.36. The minimum atomic E-state index is -0.0952. The number of ether oxygens (including phenoxy) is 2. The van der Waals surface area contributed by atoms with Gasteiger partial charge in [0.1, 0.15) is 0 Å². The molecule has 1 aliphatic rings. The Labute approximate surface area is 183 Å². The highest BCUT2D eigenvalue weighted by atomic mass is 32.1. The van der Waals surface area contributed by atoms with E-state index in [1.165, 1.54) is 19.3 Å². The summed E-state index contributed by atoms with van der Waals surface area (Å²) in [7, 11) is 3.20. The fourth-order valence-corrected chi connectivity index (χ4v) is 4.33. The summed E-state index contributed by atoms with van der Waals surface area (Å²) in [6.07, 6.45) is 5.91. The van der Waals surface area contributed by atoms with Crippen LogP contribution in [0.2, 0.25) is 0 Å². The first kappa shape index (κ1) is 22.4. The molecule has 1 fully saturated rings. The zero-order valence-corrected chi connectivity index (χ0v) is 19.2. The monoisotopic (exact) mass is 431 g/mol. The molecule has 1 saturated carbocycles. The molecule has 0 bridgehead atoms. The third-order valence-corrected chi connectivity index (χ3v) is 6.08. The largest absolute Gasteiger partial charge is 0.493 e. The van der Waals surface area contributed by atoms with Crippen molar-refractivity contribution in [3.63, 3.8) is 0 Å². The number of aromatic amines is 1. The van der Waals surface area contributed by atoms with Crippen molar-refractivity contribution in [2.45, 2.75) is 58.5 Å². The van der Waals surface area contributed by atoms with Crippen LogP contribution in [0.3, 0.4) is 0 Å². The molecular formula is C23H33N3O3S. The van der Waals surface area contributed by atoms with Crippen molar-refractivity contribution >= 4 is 28.2 Å². The summed E-state index contributed by atoms with van der Waals surface area (Å²) in [6.45, 7) is 5.65. The lowest BCUT2D eigenvalue weighted by molar-refractivity contribution is 0.234. The Morgan fingerprint density at radius 1 is 1.17 bits per heavy atom. The number of rotatable bonds is 7. The van der Waals surface area contributed by atoms with E-state index >= 15 is 0 Å². The first-order valence-corrected chi connectivity index (χ1v) is 11.2. The van der Waals surface area contributed by atoms with E-state index < -0.39 is 0 Å². The fourth-order valence-electron chi connectivity index (χ4n) is 4.03. The minimum absolute atomic E-state index is 0.0952. The van der Waals surface area contributed by atoms with E-state index in [1.54, 1.807) is 20.3 Å². The number of pyridine rings is 1. The maximum atomic E-state index is 12.9. The number of fused-ring (bicyclic) bond motifs is 1. The quantitative estimate of drug-likeness (QED) is 0.640. The zero-order valence-electron chi connectivity index (χ0n) is 18.4. The molecule has 6 nitrogen and oxygen atoms in total. The van der Waals surface area contributed by atoms with E-state index in [2.05, 4.69) is 29.0 Å². The number of benzene rings is 1. The van der Waals surface area contributed by atoms with Gasteiger partial charge in [0.25, 0.3) is 5.56 Å². The van der Waals surface area contributed by atoms with Gasteiger partial charge >= 0.3 is 0 Å². The topological polar surface area (TPSA) is 66.6 Å². The average molecular weight is 432 g/mol. The van der Waals surface area contributed by atoms with Crippen molar-refractivity contribution in [1.82, 2.24) is 15.2 Å². The molecule has 30 heavy (non-hydrogen) atoms. The van der Waals surface area contributed by atoms with Crippen molar-refractivity contribution in [3.8, 4) is 11.5 Å². The predicted molar refractivity (Wildman–Crippen MR) is 126 cm³/mol. The molecule has 164 valence electrons. The van der Waals surface area contributed by atoms with Crippen LogP contribution in [-0.4, -0.2) is 41.8 Å². The fraction of sp³-hybridized carbons (Fsp3) is 0.565. The van der Waals surface area contributed by atoms with Crippen LogP contribution >= 0.6 is 12.2 Å². The van der Waals surface area contributed by atoms with E-state index in [9.17, 15) is 4.79 Å². The van der Waals surface area contributed by atoms with Crippen LogP contribution in [0.15, 0.2) is 23.0 Å². The smallest absolute Gasteiger partial charge is 0.253 e. The van der Waals surface area contributed by atoms with Crippen LogP contribution in [0, 0.1) is 5.92 Å². The SMILES string of the molecule is COc1cc2cc(CN(C(=S)NCC(C)C)C3CCCCC3)c(=O)[nH]c2cc1OC. The van der Waals surface area contributed by atoms with Crippen LogP contribution in [0.1, 0.15) is 51.5 Å². The van der Waals surface area contributed by atoms with Gasteiger partial charge in [-0.1, -0.05) is 33.1 Å². The van der Waals surface area contributed by atoms with Gasteiger partial charge in [-0.15, -0.1) is 0 Å². The third kappa shape index (κ3) is 5.25. The van der Waals surface area contributed by atoms with Gasteiger partial charge in [-0.2, -0.15) is 0 Å². The number of aromatic nitrogens is 1. The van der Waals surface area contributed by atoms with Crippen LogP contribution < -0.4 is 20.3 Å². The lowest BCUT2D eigenvalue weighted by Crippen LogP contribution is -2.47. The summed E-state index contributed by atoms with van der Waals surface area (Å²) in [6, 6.07) is 6.00. The lowest BCUT2D eigenvalue weighted by atomic mass is 9.94. The summed E-state index contributed by atoms with van der Waals surface area (Å²) in [4.78, 5) is 18.1. The van der Waals surface area contributed by atoms with E-state index in [4.69, 9.17) is 21.7 Å². The normalized spacial score (nSPS) is 14.7. The maximum absolute atomic E-state index is 12.9. The number of methoxy groups -OCH3 is 2. The zero-order chi connectivity index (χ0) is 21.7. The van der Waals surface area contributed by atoms with Gasteiger partial charge in [0.2, 0.25) is 0 Å². The molecule has 0 atom stereocenters. The van der Waals surface area contributed by atoms with Crippen molar-refractivity contribution in [2.24, 2.45) is 5.92 Å². The molecule has 1 aromatic heterocycles. The number of nitrogens with zero attached hydrogens (tertiary/aromatic N) is 1. The number of hydrogen-bond donors (Lipinski definition) is 2. The van der Waals surface area contributed by atoms with Gasteiger partial charge in [0.05, 0.1) is 26.3 Å². The van der Waals surface area contributed by atoms with Crippen LogP contribution in [0.5, 0.6) is 11.5 Å². The number of H-pyrrole nitrogens is 1. The number of hydrogen-bond acceptors (Lipinski definition) is 4. The Morgan fingerprint density at radius 2 is 1.83 bits per heavy atom. The summed E-state index contributed by atoms with van der Waals surface area (Å²) >= 11 is 5.75. The molecule has 0 radical (unpaired) electrons. The van der Waals surface area contributed by atoms with Gasteiger partial charge in [0, 0.05) is 29.6 Å². The Balaban J connectivity index is 1.92. The Kier molecular flexibility index (Phi) is 7.58. The molecule has 2 aromatic rings. The Hall–Kier alpha value is -2.28. The van der Waals surface area contributed by atoms with Crippen LogP contribution in [0.25, 0.3) is 10.9 Å². The summed E-state index contributed by atoms with van der Waals surface area (Å²) in [5.41, 5.74) is 1.34. The van der Waals surface area contributed by atoms with Crippen molar-refractivity contribution < 1.29 is 9.47 Å². The molecular weight excluding hydrogens is 398 g/mol. The first-order valence-electron chi connectivity index (χ1n) is 10.7. The van der Waals surface area contributed by atoms with Gasteiger partial charge in [0.15, 0.2) is 16.6 Å². The van der Waals surface area contributed by atoms with Crippen molar-refractivity contribution in [3.05, 3.63) is 34.1 Å². The summed E-state index contributed by atoms with van der Waals surface area (Å²) in [5.74, 6) is 1.74. The van der Waals surface area contributed by atoms with Gasteiger partial charge in [-0.25, -0.2) is 0 Å². The molecule has 1 aliphatic carbocycles. The van der Waals surface area contributed by atoms with Crippen LogP contribution in [0.4, 0.5) is 0 Å². The highest BCUT2D eigenvalue weighted by molar-refractivity contribution is 7.80. The molecule has 1 aromatic carbocycles. The van der Waals surface area contributed by atoms with Crippen molar-refractivity contribution in [2.75, 3.05) is 20.8 Å². The Bertz CT molecular complexity index is 935. The molecule has 1 heterocycles. The van der Waals surface area contributed by atoms with E-state index in [0.29, 0.717) is 35.6 Å². The standard InChI is InChI=1S/C23H33N3O3S/c1-15(2)13-24-23(30)26(18-8-6-5-7-9-18)14-17-10-16-11-20(28-3)21(29-4)12-19(16)25-22(17)27/h10-12,15,18H,5-9,13-14H2,1-4H3,(H,24,30)(H,25,27). The molecule has 0 aliphatic heterocycles. The molecule has 3 rings (SSSR count). The average Bonchev–Trinajstić information content (AvgIpc) is 2.75. The van der Waals surface area contributed by atoms with Crippen molar-refractivity contribution in [1.29, 1.82) is 0 Å². The molecule has 2 N–H and O–H groups in total. The summed E-state index contributed by atoms with van der Waals surface area (Å²) in [5, 5.41) is 5.05. The van der Waals surface area contributed by atoms with E-state index in [-0.39, 0.29) is 5.56 Å². The first-order chi connectivity index (χ1) is 14.4. The number of nitrogens with one attached hydrogen (secondary N) is 2. The number of thiocarbonyl (C=S) groups is 1. The third-order valence-electron chi connectivity index (χ3n) is 5.70. The predicted octanol–water partition coefficient (Wildman–Crippen LogP) is 4.21. The molecule has 0 amide bonds. The minimum Gasteiger partial charge on any atom is -0.493 e. The molecule has 7 heteroatoms. The maximum Gasteiger partial charge on any atom is 0.253 e. The second-order valence-corrected chi connectivity index (χ2v) is 8.80. The van der Waals surface area contributed by atoms with Gasteiger partial charge < -0.3 is 24.7 Å². The van der Waals surface area contributed by atoms with Gasteiger partial charge in [-0.3, -0.25) is 4.79 Å². The highest BCUT2D eigenvalue weighted by Gasteiger charge is 2.24. The molecule has 0 spiro atoms. The highest BCUT2D eigenvalue weighted by Crippen LogP contribution is 2.31. The molecule has 0 unspecified atom stereocenters.